The van der Waals surface area contributed by atoms with Crippen molar-refractivity contribution in [1.82, 2.24) is 5.32 Å². The van der Waals surface area contributed by atoms with Crippen LogP contribution in [0.25, 0.3) is 0 Å². The topological polar surface area (TPSA) is 45.4 Å². The number of aryl methyl sites for hydroxylation is 1. The van der Waals surface area contributed by atoms with Crippen molar-refractivity contribution in [1.29, 1.82) is 0 Å². The van der Waals surface area contributed by atoms with Gasteiger partial charge in [0.2, 0.25) is 0 Å². The molecule has 2 aromatic heterocycles. The first-order valence-electron chi connectivity index (χ1n) is 5.21. The Hall–Kier alpha value is -1.10. The predicted octanol–water partition coefficient (Wildman–Crippen LogP) is 2.47. The number of nitrogens with one attached hydrogen (secondary N) is 1. The molecular formula is C12H15NO2S. The number of rotatable bonds is 5. The fourth-order valence-corrected chi connectivity index (χ4v) is 2.35. The van der Waals surface area contributed by atoms with Gasteiger partial charge in [-0.15, -0.1) is 0 Å². The van der Waals surface area contributed by atoms with E-state index in [1.54, 1.807) is 29.7 Å². The Morgan fingerprint density at radius 1 is 1.50 bits per heavy atom. The van der Waals surface area contributed by atoms with E-state index in [0.717, 1.165) is 6.54 Å². The van der Waals surface area contributed by atoms with Gasteiger partial charge in [-0.25, -0.2) is 0 Å². The fraction of sp³-hybridized carbons (Fsp3) is 0.333. The summed E-state index contributed by atoms with van der Waals surface area (Å²) < 4.78 is 5.12. The van der Waals surface area contributed by atoms with Crippen LogP contribution >= 0.6 is 11.3 Å². The Morgan fingerprint density at radius 3 is 3.00 bits per heavy atom. The molecule has 0 aromatic carbocycles. The Balaban J connectivity index is 1.78. The highest BCUT2D eigenvalue weighted by molar-refractivity contribution is 7.08. The summed E-state index contributed by atoms with van der Waals surface area (Å²) in [5, 5.41) is 17.2. The van der Waals surface area contributed by atoms with E-state index in [2.05, 4.69) is 23.0 Å². The fourth-order valence-electron chi connectivity index (χ4n) is 1.49. The maximum Gasteiger partial charge on any atom is 0.133 e. The summed E-state index contributed by atoms with van der Waals surface area (Å²) in [6.45, 7) is 3.38. The zero-order valence-electron chi connectivity index (χ0n) is 9.14. The summed E-state index contributed by atoms with van der Waals surface area (Å²) in [6.07, 6.45) is 0.996. The van der Waals surface area contributed by atoms with Gasteiger partial charge in [0.15, 0.2) is 0 Å². The normalized spacial score (nSPS) is 12.9. The Morgan fingerprint density at radius 2 is 2.38 bits per heavy atom. The van der Waals surface area contributed by atoms with Crippen molar-refractivity contribution in [3.63, 3.8) is 0 Å². The van der Waals surface area contributed by atoms with E-state index in [9.17, 15) is 5.11 Å². The minimum absolute atomic E-state index is 0.503. The first-order chi connectivity index (χ1) is 7.77. The van der Waals surface area contributed by atoms with Crippen LogP contribution < -0.4 is 5.32 Å². The first kappa shape index (κ1) is 11.4. The zero-order valence-corrected chi connectivity index (χ0v) is 9.96. The molecule has 0 amide bonds. The van der Waals surface area contributed by atoms with Crippen molar-refractivity contribution >= 4 is 11.3 Å². The quantitative estimate of drug-likeness (QED) is 0.839. The van der Waals surface area contributed by atoms with E-state index < -0.39 is 6.10 Å². The number of furan rings is 1. The van der Waals surface area contributed by atoms with Gasteiger partial charge in [0.05, 0.1) is 6.26 Å². The van der Waals surface area contributed by atoms with Crippen molar-refractivity contribution in [3.05, 3.63) is 46.0 Å². The van der Waals surface area contributed by atoms with Crippen LogP contribution in [-0.2, 0) is 6.54 Å². The maximum absolute atomic E-state index is 9.75. The average Bonchev–Trinajstić information content (AvgIpc) is 2.90. The predicted molar refractivity (Wildman–Crippen MR) is 64.4 cm³/mol. The van der Waals surface area contributed by atoms with E-state index in [0.29, 0.717) is 12.3 Å². The second-order valence-corrected chi connectivity index (χ2v) is 4.49. The van der Waals surface area contributed by atoms with Gasteiger partial charge in [-0.3, -0.25) is 0 Å². The Bertz CT molecular complexity index is 422. The average molecular weight is 237 g/mol. The highest BCUT2D eigenvalue weighted by Gasteiger charge is 2.09. The molecule has 2 aromatic rings. The van der Waals surface area contributed by atoms with E-state index in [-0.39, 0.29) is 0 Å². The molecule has 3 nitrogen and oxygen atoms in total. The third-order valence-corrected chi connectivity index (χ3v) is 3.40. The van der Waals surface area contributed by atoms with Gasteiger partial charge in [0.1, 0.15) is 11.9 Å². The molecule has 2 N–H and O–H groups in total. The third-order valence-electron chi connectivity index (χ3n) is 2.49. The number of aliphatic hydroxyl groups is 1. The van der Waals surface area contributed by atoms with E-state index in [1.165, 1.54) is 11.1 Å². The van der Waals surface area contributed by atoms with Crippen LogP contribution in [0.2, 0.25) is 0 Å². The molecule has 2 heterocycles. The first-order valence-corrected chi connectivity index (χ1v) is 6.15. The van der Waals surface area contributed by atoms with Gasteiger partial charge >= 0.3 is 0 Å². The largest absolute Gasteiger partial charge is 0.467 e. The van der Waals surface area contributed by atoms with Crippen molar-refractivity contribution in [2.24, 2.45) is 0 Å². The molecule has 1 unspecified atom stereocenters. The number of hydrogen-bond donors (Lipinski definition) is 2. The highest BCUT2D eigenvalue weighted by Crippen LogP contribution is 2.14. The lowest BCUT2D eigenvalue weighted by Gasteiger charge is -2.09. The summed E-state index contributed by atoms with van der Waals surface area (Å²) in [7, 11) is 0. The highest BCUT2D eigenvalue weighted by atomic mass is 32.1. The van der Waals surface area contributed by atoms with Crippen LogP contribution in [0.4, 0.5) is 0 Å². The summed E-state index contributed by atoms with van der Waals surface area (Å²) in [4.78, 5) is 0. The monoisotopic (exact) mass is 237 g/mol. The van der Waals surface area contributed by atoms with Gasteiger partial charge in [0, 0.05) is 13.1 Å². The van der Waals surface area contributed by atoms with E-state index in [1.807, 2.05) is 0 Å². The van der Waals surface area contributed by atoms with Crippen molar-refractivity contribution in [2.45, 2.75) is 19.6 Å². The van der Waals surface area contributed by atoms with Crippen LogP contribution in [0.3, 0.4) is 0 Å². The van der Waals surface area contributed by atoms with Crippen molar-refractivity contribution in [3.8, 4) is 0 Å². The van der Waals surface area contributed by atoms with Crippen LogP contribution in [0.15, 0.2) is 33.6 Å². The molecule has 1 atom stereocenters. The second-order valence-electron chi connectivity index (χ2n) is 3.74. The molecule has 4 heteroatoms. The molecule has 16 heavy (non-hydrogen) atoms. The molecule has 0 aliphatic rings. The summed E-state index contributed by atoms with van der Waals surface area (Å²) in [5.74, 6) is 0.606. The van der Waals surface area contributed by atoms with Crippen LogP contribution in [0, 0.1) is 6.92 Å². The smallest absolute Gasteiger partial charge is 0.133 e. The van der Waals surface area contributed by atoms with Gasteiger partial charge in [-0.1, -0.05) is 0 Å². The third kappa shape index (κ3) is 2.72. The SMILES string of the molecule is Cc1cscc1CNCC(O)c1ccco1. The Labute approximate surface area is 98.7 Å². The number of hydrogen-bond acceptors (Lipinski definition) is 4. The molecule has 0 saturated carbocycles. The zero-order chi connectivity index (χ0) is 11.4. The molecule has 0 aliphatic carbocycles. The van der Waals surface area contributed by atoms with E-state index >= 15 is 0 Å². The Kier molecular flexibility index (Phi) is 3.77. The van der Waals surface area contributed by atoms with Gasteiger partial charge in [-0.05, 0) is 40.9 Å². The molecule has 0 spiro atoms. The van der Waals surface area contributed by atoms with Crippen LogP contribution in [-0.4, -0.2) is 11.7 Å². The molecule has 2 rings (SSSR count). The summed E-state index contributed by atoms with van der Waals surface area (Å²) in [6, 6.07) is 3.56. The van der Waals surface area contributed by atoms with E-state index in [4.69, 9.17) is 4.42 Å². The lowest BCUT2D eigenvalue weighted by molar-refractivity contribution is 0.147. The molecule has 0 bridgehead atoms. The van der Waals surface area contributed by atoms with Gasteiger partial charge in [0.25, 0.3) is 0 Å². The second kappa shape index (κ2) is 5.30. The molecule has 0 fully saturated rings. The lowest BCUT2D eigenvalue weighted by atomic mass is 10.2. The standard InChI is InChI=1S/C12H15NO2S/c1-9-7-16-8-10(9)5-13-6-11(14)12-3-2-4-15-12/h2-4,7-8,11,13-14H,5-6H2,1H3. The molecule has 86 valence electrons. The minimum Gasteiger partial charge on any atom is -0.467 e. The van der Waals surface area contributed by atoms with Crippen LogP contribution in [0.5, 0.6) is 0 Å². The number of thiophene rings is 1. The summed E-state index contributed by atoms with van der Waals surface area (Å²) >= 11 is 1.70. The molecule has 0 saturated heterocycles. The lowest BCUT2D eigenvalue weighted by Crippen LogP contribution is -2.20. The molecular weight excluding hydrogens is 222 g/mol. The summed E-state index contributed by atoms with van der Waals surface area (Å²) in [5.41, 5.74) is 2.58. The molecule has 0 aliphatic heterocycles. The minimum atomic E-state index is -0.575. The number of aliphatic hydroxyl groups excluding tert-OH is 1. The maximum atomic E-state index is 9.75. The van der Waals surface area contributed by atoms with Gasteiger partial charge in [-0.2, -0.15) is 11.3 Å². The molecule has 0 radical (unpaired) electrons. The van der Waals surface area contributed by atoms with Crippen molar-refractivity contribution in [2.75, 3.05) is 6.54 Å². The van der Waals surface area contributed by atoms with Gasteiger partial charge < -0.3 is 14.8 Å². The van der Waals surface area contributed by atoms with Crippen molar-refractivity contribution < 1.29 is 9.52 Å². The van der Waals surface area contributed by atoms with Crippen LogP contribution in [0.1, 0.15) is 23.0 Å².